The van der Waals surface area contributed by atoms with E-state index in [1.165, 1.54) is 21.9 Å². The number of rotatable bonds is 6. The number of carbonyl (C=O) groups is 1. The third-order valence-corrected chi connectivity index (χ3v) is 7.03. The number of hydrogen-bond donors (Lipinski definition) is 1. The maximum Gasteiger partial charge on any atom is 0.416 e. The monoisotopic (exact) mass is 517 g/mol. The van der Waals surface area contributed by atoms with Crippen LogP contribution in [0, 0.1) is 0 Å². The number of halogens is 4. The molecule has 198 valence electrons. The first-order chi connectivity index (χ1) is 17.6. The zero-order valence-corrected chi connectivity index (χ0v) is 21.4. The summed E-state index contributed by atoms with van der Waals surface area (Å²) in [6.07, 6.45) is -1.80. The largest absolute Gasteiger partial charge is 0.416 e. The molecule has 1 unspecified atom stereocenters. The first kappa shape index (κ1) is 26.8. The van der Waals surface area contributed by atoms with Crippen LogP contribution < -0.4 is 10.2 Å². The highest BCUT2D eigenvalue weighted by Gasteiger charge is 2.41. The maximum absolute atomic E-state index is 15.1. The fourth-order valence-corrected chi connectivity index (χ4v) is 4.75. The van der Waals surface area contributed by atoms with Crippen LogP contribution in [-0.4, -0.2) is 26.2 Å². The van der Waals surface area contributed by atoms with Crippen LogP contribution in [-0.2, 0) is 26.3 Å². The summed E-state index contributed by atoms with van der Waals surface area (Å²) in [6.45, 7) is 6.06. The molecule has 37 heavy (non-hydrogen) atoms. The summed E-state index contributed by atoms with van der Waals surface area (Å²) < 4.78 is 58.5. The third-order valence-electron chi connectivity index (χ3n) is 7.03. The van der Waals surface area contributed by atoms with E-state index in [1.807, 2.05) is 20.8 Å². The highest BCUT2D eigenvalue weighted by molar-refractivity contribution is 6.10. The van der Waals surface area contributed by atoms with E-state index in [0.717, 1.165) is 25.3 Å². The predicted molar refractivity (Wildman–Crippen MR) is 133 cm³/mol. The van der Waals surface area contributed by atoms with Crippen molar-refractivity contribution in [1.29, 1.82) is 0 Å². The Morgan fingerprint density at radius 3 is 2.49 bits per heavy atom. The van der Waals surface area contributed by atoms with Gasteiger partial charge in [0.2, 0.25) is 0 Å². The van der Waals surface area contributed by atoms with Crippen molar-refractivity contribution in [3.05, 3.63) is 76.4 Å². The second-order valence-electron chi connectivity index (χ2n) is 9.58. The Morgan fingerprint density at radius 1 is 1.16 bits per heavy atom. The van der Waals surface area contributed by atoms with Gasteiger partial charge < -0.3 is 14.8 Å². The van der Waals surface area contributed by atoms with Crippen LogP contribution in [0.1, 0.15) is 84.6 Å². The number of nitrogens with zero attached hydrogens (tertiary/aromatic N) is 4. The van der Waals surface area contributed by atoms with Crippen LogP contribution in [0.3, 0.4) is 0 Å². The zero-order chi connectivity index (χ0) is 27.0. The number of benzene rings is 2. The van der Waals surface area contributed by atoms with Gasteiger partial charge in [-0.2, -0.15) is 13.2 Å². The summed E-state index contributed by atoms with van der Waals surface area (Å²) in [5.74, 6) is -0.441. The van der Waals surface area contributed by atoms with Gasteiger partial charge in [0, 0.05) is 30.4 Å². The first-order valence-electron chi connectivity index (χ1n) is 12.4. The minimum absolute atomic E-state index is 0.0332. The molecule has 2 aliphatic rings. The van der Waals surface area contributed by atoms with E-state index in [1.54, 1.807) is 31.3 Å². The van der Waals surface area contributed by atoms with Crippen molar-refractivity contribution in [2.75, 3.05) is 4.90 Å². The van der Waals surface area contributed by atoms with Crippen molar-refractivity contribution < 1.29 is 22.4 Å². The molecule has 1 amide bonds. The van der Waals surface area contributed by atoms with Crippen molar-refractivity contribution in [3.63, 3.8) is 0 Å². The molecule has 2 aromatic carbocycles. The molecule has 0 bridgehead atoms. The fraction of sp³-hybridized carbons (Fsp3) is 0.444. The van der Waals surface area contributed by atoms with Gasteiger partial charge in [-0.1, -0.05) is 26.0 Å². The van der Waals surface area contributed by atoms with Gasteiger partial charge in [0.05, 0.1) is 12.1 Å². The number of fused-ring (bicyclic) bond motifs is 1. The normalized spacial score (nSPS) is 17.1. The summed E-state index contributed by atoms with van der Waals surface area (Å²) in [5.41, 5.74) is 0.0570. The van der Waals surface area contributed by atoms with Crippen molar-refractivity contribution in [2.45, 2.75) is 71.0 Å². The molecule has 3 aromatic rings. The number of nitrogens with one attached hydrogen (secondary N) is 1. The van der Waals surface area contributed by atoms with Crippen molar-refractivity contribution >= 4 is 11.6 Å². The topological polar surface area (TPSA) is 63.1 Å². The van der Waals surface area contributed by atoms with Gasteiger partial charge in [-0.15, -0.1) is 10.2 Å². The lowest BCUT2D eigenvalue weighted by Crippen LogP contribution is -2.47. The van der Waals surface area contributed by atoms with Crippen LogP contribution >= 0.6 is 0 Å². The standard InChI is InChI=1S/C25H25F4N5O.C2H6/c1-24(7-4-8-24)30-12-15-9-18-19(20(10-15)25(27,28)29)13-34(23(18)35)17-6-3-5-16(11-17)21(26)22-32-31-14-33(22)2;1-2/h3,5-6,9-11,14,21,30H,4,7-8,12-13H2,1-2H3;1-2H3. The number of aryl methyl sites for hydroxylation is 1. The van der Waals surface area contributed by atoms with Crippen LogP contribution in [0.5, 0.6) is 0 Å². The summed E-state index contributed by atoms with van der Waals surface area (Å²) in [6, 6.07) is 8.85. The van der Waals surface area contributed by atoms with E-state index in [9.17, 15) is 18.0 Å². The lowest BCUT2D eigenvalue weighted by molar-refractivity contribution is -0.138. The zero-order valence-electron chi connectivity index (χ0n) is 21.4. The molecule has 0 spiro atoms. The molecule has 0 saturated heterocycles. The first-order valence-corrected chi connectivity index (χ1v) is 12.4. The van der Waals surface area contributed by atoms with Crippen LogP contribution in [0.25, 0.3) is 0 Å². The average Bonchev–Trinajstić information content (AvgIpc) is 3.44. The van der Waals surface area contributed by atoms with E-state index in [4.69, 9.17) is 0 Å². The van der Waals surface area contributed by atoms with Crippen molar-refractivity contribution in [3.8, 4) is 0 Å². The molecule has 5 rings (SSSR count). The number of carbonyl (C=O) groups excluding carboxylic acids is 1. The van der Waals surface area contributed by atoms with Gasteiger partial charge in [0.1, 0.15) is 6.33 Å². The highest BCUT2D eigenvalue weighted by Crippen LogP contribution is 2.40. The molecule has 1 atom stereocenters. The smallest absolute Gasteiger partial charge is 0.318 e. The highest BCUT2D eigenvalue weighted by atomic mass is 19.4. The number of anilines is 1. The molecule has 1 aromatic heterocycles. The summed E-state index contributed by atoms with van der Waals surface area (Å²) in [5, 5.41) is 10.8. The van der Waals surface area contributed by atoms with Crippen LogP contribution in [0.2, 0.25) is 0 Å². The Hall–Kier alpha value is -3.27. The van der Waals surface area contributed by atoms with Gasteiger partial charge in [0.15, 0.2) is 12.0 Å². The van der Waals surface area contributed by atoms with E-state index < -0.39 is 23.8 Å². The molecule has 1 fully saturated rings. The minimum atomic E-state index is -4.60. The molecule has 1 aliphatic carbocycles. The number of amides is 1. The molecule has 10 heteroatoms. The molecule has 1 N–H and O–H groups in total. The number of hydrogen-bond acceptors (Lipinski definition) is 4. The minimum Gasteiger partial charge on any atom is -0.318 e. The third kappa shape index (κ3) is 5.25. The lowest BCUT2D eigenvalue weighted by atomic mass is 9.78. The van der Waals surface area contributed by atoms with E-state index in [2.05, 4.69) is 15.5 Å². The second-order valence-corrected chi connectivity index (χ2v) is 9.58. The summed E-state index contributed by atoms with van der Waals surface area (Å²) >= 11 is 0. The van der Waals surface area contributed by atoms with E-state index in [-0.39, 0.29) is 41.1 Å². The van der Waals surface area contributed by atoms with Gasteiger partial charge in [-0.3, -0.25) is 4.79 Å². The van der Waals surface area contributed by atoms with Crippen LogP contribution in [0.4, 0.5) is 23.2 Å². The van der Waals surface area contributed by atoms with Crippen LogP contribution in [0.15, 0.2) is 42.7 Å². The average molecular weight is 518 g/mol. The summed E-state index contributed by atoms with van der Waals surface area (Å²) in [7, 11) is 1.61. The lowest BCUT2D eigenvalue weighted by Gasteiger charge is -2.39. The number of alkyl halides is 4. The van der Waals surface area contributed by atoms with Gasteiger partial charge >= 0.3 is 6.18 Å². The molecule has 1 saturated carbocycles. The molecular formula is C27H31F4N5O. The quantitative estimate of drug-likeness (QED) is 0.401. The molecule has 2 heterocycles. The fourth-order valence-electron chi connectivity index (χ4n) is 4.75. The Bertz CT molecular complexity index is 1280. The predicted octanol–water partition coefficient (Wildman–Crippen LogP) is 6.11. The Labute approximate surface area is 213 Å². The Morgan fingerprint density at radius 2 is 1.89 bits per heavy atom. The van der Waals surface area contributed by atoms with E-state index in [0.29, 0.717) is 11.3 Å². The molecule has 6 nitrogen and oxygen atoms in total. The van der Waals surface area contributed by atoms with Gasteiger partial charge in [-0.25, -0.2) is 4.39 Å². The summed E-state index contributed by atoms with van der Waals surface area (Å²) in [4.78, 5) is 14.5. The molecular weight excluding hydrogens is 486 g/mol. The SMILES string of the molecule is CC.Cn1cnnc1C(F)c1cccc(N2Cc3c(cc(CNC4(C)CCC4)cc3C(F)(F)F)C2=O)c1. The number of aromatic nitrogens is 3. The Balaban J connectivity index is 0.00000156. The van der Waals surface area contributed by atoms with Crippen molar-refractivity contribution in [2.24, 2.45) is 7.05 Å². The van der Waals surface area contributed by atoms with Gasteiger partial charge in [-0.05, 0) is 67.1 Å². The second kappa shape index (κ2) is 10.2. The molecule has 0 radical (unpaired) electrons. The van der Waals surface area contributed by atoms with E-state index >= 15 is 4.39 Å². The maximum atomic E-state index is 15.1. The van der Waals surface area contributed by atoms with Crippen molar-refractivity contribution in [1.82, 2.24) is 20.1 Å². The Kier molecular flexibility index (Phi) is 7.41. The molecule has 1 aliphatic heterocycles. The van der Waals surface area contributed by atoms with Gasteiger partial charge in [0.25, 0.3) is 5.91 Å².